The van der Waals surface area contributed by atoms with E-state index in [-0.39, 0.29) is 0 Å². The lowest BCUT2D eigenvalue weighted by atomic mass is 9.98. The fourth-order valence-electron chi connectivity index (χ4n) is 2.06. The van der Waals surface area contributed by atoms with E-state index < -0.39 is 18.0 Å². The Bertz CT molecular complexity index is 551. The fraction of sp³-hybridized carbons (Fsp3) is 0.278. The van der Waals surface area contributed by atoms with E-state index in [1.807, 2.05) is 36.4 Å². The molecule has 0 radical (unpaired) electrons. The number of para-hydroxylation sites is 1. The number of carbonyl (C=O) groups excluding carboxylic acids is 1. The first kappa shape index (κ1) is 15.3. The van der Waals surface area contributed by atoms with Crippen LogP contribution < -0.4 is 4.74 Å². The third kappa shape index (κ3) is 4.72. The van der Waals surface area contributed by atoms with Crippen LogP contribution in [0.1, 0.15) is 18.9 Å². The number of ether oxygens (including phenoxy) is 1. The van der Waals surface area contributed by atoms with Crippen LogP contribution in [0.4, 0.5) is 0 Å². The normalized spacial score (nSPS) is 13.4. The van der Waals surface area contributed by atoms with Crippen LogP contribution in [-0.4, -0.2) is 17.2 Å². The number of aliphatic hydroxyl groups excluding tert-OH is 1. The molecule has 2 atom stereocenters. The standard InChI is InChI=1S/C18H20O3/c1-14(18(20)21-16-10-6-3-7-11-16)17(19)13-12-15-8-4-2-5-9-15/h2-11,14,17,19H,12-13H2,1H3. The zero-order chi connectivity index (χ0) is 15.1. The Morgan fingerprint density at radius 1 is 1.05 bits per heavy atom. The first-order chi connectivity index (χ1) is 10.2. The molecule has 2 aromatic carbocycles. The predicted octanol–water partition coefficient (Wildman–Crippen LogP) is 3.22. The van der Waals surface area contributed by atoms with Gasteiger partial charge in [-0.1, -0.05) is 48.5 Å². The second kappa shape index (κ2) is 7.60. The van der Waals surface area contributed by atoms with E-state index in [2.05, 4.69) is 0 Å². The van der Waals surface area contributed by atoms with Gasteiger partial charge in [-0.3, -0.25) is 4.79 Å². The second-order valence-electron chi connectivity index (χ2n) is 5.11. The van der Waals surface area contributed by atoms with Crippen molar-refractivity contribution >= 4 is 5.97 Å². The van der Waals surface area contributed by atoms with Crippen molar-refractivity contribution in [1.29, 1.82) is 0 Å². The molecule has 0 amide bonds. The molecule has 0 heterocycles. The lowest BCUT2D eigenvalue weighted by Crippen LogP contribution is -2.29. The maximum absolute atomic E-state index is 12.0. The topological polar surface area (TPSA) is 46.5 Å². The lowest BCUT2D eigenvalue weighted by molar-refractivity contribution is -0.142. The number of carbonyl (C=O) groups is 1. The molecule has 110 valence electrons. The molecule has 0 bridgehead atoms. The van der Waals surface area contributed by atoms with Gasteiger partial charge in [0.15, 0.2) is 0 Å². The van der Waals surface area contributed by atoms with Crippen LogP contribution in [0.15, 0.2) is 60.7 Å². The molecule has 3 heteroatoms. The van der Waals surface area contributed by atoms with Gasteiger partial charge in [-0.05, 0) is 37.5 Å². The van der Waals surface area contributed by atoms with Crippen LogP contribution in [0.3, 0.4) is 0 Å². The molecule has 0 aliphatic heterocycles. The van der Waals surface area contributed by atoms with Crippen LogP contribution >= 0.6 is 0 Å². The number of benzene rings is 2. The minimum atomic E-state index is -0.707. The number of hydrogen-bond acceptors (Lipinski definition) is 3. The highest BCUT2D eigenvalue weighted by molar-refractivity contribution is 5.75. The van der Waals surface area contributed by atoms with Gasteiger partial charge in [0.25, 0.3) is 0 Å². The number of hydrogen-bond donors (Lipinski definition) is 1. The maximum atomic E-state index is 12.0. The van der Waals surface area contributed by atoms with E-state index in [1.54, 1.807) is 31.2 Å². The van der Waals surface area contributed by atoms with E-state index in [9.17, 15) is 9.90 Å². The van der Waals surface area contributed by atoms with Crippen molar-refractivity contribution in [2.24, 2.45) is 5.92 Å². The molecule has 1 N–H and O–H groups in total. The Morgan fingerprint density at radius 2 is 1.62 bits per heavy atom. The Kier molecular flexibility index (Phi) is 5.52. The Hall–Kier alpha value is -2.13. The minimum absolute atomic E-state index is 0.401. The molecule has 0 aliphatic carbocycles. The average molecular weight is 284 g/mol. The van der Waals surface area contributed by atoms with Crippen LogP contribution in [0.25, 0.3) is 0 Å². The summed E-state index contributed by atoms with van der Waals surface area (Å²) < 4.78 is 5.25. The average Bonchev–Trinajstić information content (AvgIpc) is 2.53. The molecule has 21 heavy (non-hydrogen) atoms. The summed E-state index contributed by atoms with van der Waals surface area (Å²) in [6.07, 6.45) is 0.571. The Labute approximate surface area is 125 Å². The summed E-state index contributed by atoms with van der Waals surface area (Å²) in [5.41, 5.74) is 1.15. The summed E-state index contributed by atoms with van der Waals surface area (Å²) in [4.78, 5) is 12.0. The molecule has 2 unspecified atom stereocenters. The van der Waals surface area contributed by atoms with Crippen molar-refractivity contribution in [3.63, 3.8) is 0 Å². The fourth-order valence-corrected chi connectivity index (χ4v) is 2.06. The van der Waals surface area contributed by atoms with E-state index in [0.29, 0.717) is 12.2 Å². The molecule has 0 saturated heterocycles. The summed E-state index contributed by atoms with van der Waals surface area (Å²) in [6.45, 7) is 1.70. The number of rotatable bonds is 6. The van der Waals surface area contributed by atoms with Crippen LogP contribution in [0.2, 0.25) is 0 Å². The third-order valence-electron chi connectivity index (χ3n) is 3.48. The first-order valence-corrected chi connectivity index (χ1v) is 7.15. The van der Waals surface area contributed by atoms with Gasteiger partial charge in [0, 0.05) is 0 Å². The van der Waals surface area contributed by atoms with Crippen LogP contribution in [-0.2, 0) is 11.2 Å². The third-order valence-corrected chi connectivity index (χ3v) is 3.48. The van der Waals surface area contributed by atoms with Gasteiger partial charge in [0.05, 0.1) is 12.0 Å². The van der Waals surface area contributed by atoms with Crippen LogP contribution in [0.5, 0.6) is 5.75 Å². The SMILES string of the molecule is CC(C(=O)Oc1ccccc1)C(O)CCc1ccccc1. The highest BCUT2D eigenvalue weighted by Crippen LogP contribution is 2.16. The smallest absolute Gasteiger partial charge is 0.316 e. The van der Waals surface area contributed by atoms with Gasteiger partial charge in [0.1, 0.15) is 5.75 Å². The highest BCUT2D eigenvalue weighted by Gasteiger charge is 2.23. The van der Waals surface area contributed by atoms with E-state index in [0.717, 1.165) is 12.0 Å². The predicted molar refractivity (Wildman–Crippen MR) is 82.0 cm³/mol. The monoisotopic (exact) mass is 284 g/mol. The van der Waals surface area contributed by atoms with Crippen molar-refractivity contribution < 1.29 is 14.6 Å². The molecule has 0 aromatic heterocycles. The first-order valence-electron chi connectivity index (χ1n) is 7.15. The van der Waals surface area contributed by atoms with Crippen molar-refractivity contribution in [2.75, 3.05) is 0 Å². The summed E-state index contributed by atoms with van der Waals surface area (Å²) in [6, 6.07) is 18.8. The van der Waals surface area contributed by atoms with Crippen LogP contribution in [0, 0.1) is 5.92 Å². The molecular weight excluding hydrogens is 264 g/mol. The molecule has 0 aliphatic rings. The molecule has 0 saturated carbocycles. The van der Waals surface area contributed by atoms with Crippen molar-refractivity contribution in [1.82, 2.24) is 0 Å². The molecule has 2 aromatic rings. The zero-order valence-corrected chi connectivity index (χ0v) is 12.1. The van der Waals surface area contributed by atoms with Gasteiger partial charge >= 0.3 is 5.97 Å². The molecular formula is C18H20O3. The number of esters is 1. The van der Waals surface area contributed by atoms with E-state index in [4.69, 9.17) is 4.74 Å². The Morgan fingerprint density at radius 3 is 2.24 bits per heavy atom. The second-order valence-corrected chi connectivity index (χ2v) is 5.11. The molecule has 2 rings (SSSR count). The van der Waals surface area contributed by atoms with Crippen molar-refractivity contribution in [2.45, 2.75) is 25.9 Å². The highest BCUT2D eigenvalue weighted by atomic mass is 16.5. The van der Waals surface area contributed by atoms with Gasteiger partial charge < -0.3 is 9.84 Å². The minimum Gasteiger partial charge on any atom is -0.426 e. The largest absolute Gasteiger partial charge is 0.426 e. The molecule has 0 spiro atoms. The quantitative estimate of drug-likeness (QED) is 0.654. The summed E-state index contributed by atoms with van der Waals surface area (Å²) >= 11 is 0. The van der Waals surface area contributed by atoms with Gasteiger partial charge in [-0.2, -0.15) is 0 Å². The summed E-state index contributed by atoms with van der Waals surface area (Å²) in [5.74, 6) is -0.444. The lowest BCUT2D eigenvalue weighted by Gasteiger charge is -2.17. The zero-order valence-electron chi connectivity index (χ0n) is 12.1. The molecule has 3 nitrogen and oxygen atoms in total. The number of aryl methyl sites for hydroxylation is 1. The van der Waals surface area contributed by atoms with Gasteiger partial charge in [-0.25, -0.2) is 0 Å². The summed E-state index contributed by atoms with van der Waals surface area (Å²) in [7, 11) is 0. The maximum Gasteiger partial charge on any atom is 0.316 e. The van der Waals surface area contributed by atoms with Crippen molar-refractivity contribution in [3.05, 3.63) is 66.2 Å². The van der Waals surface area contributed by atoms with Gasteiger partial charge in [0.2, 0.25) is 0 Å². The Balaban J connectivity index is 1.84. The number of aliphatic hydroxyl groups is 1. The van der Waals surface area contributed by atoms with E-state index in [1.165, 1.54) is 0 Å². The van der Waals surface area contributed by atoms with Gasteiger partial charge in [-0.15, -0.1) is 0 Å². The van der Waals surface area contributed by atoms with Crippen molar-refractivity contribution in [3.8, 4) is 5.75 Å². The molecule has 0 fully saturated rings. The van der Waals surface area contributed by atoms with E-state index >= 15 is 0 Å². The summed E-state index contributed by atoms with van der Waals surface area (Å²) in [5, 5.41) is 10.1.